The molecule has 0 aromatic heterocycles. The van der Waals surface area contributed by atoms with E-state index in [-0.39, 0.29) is 6.04 Å². The molecule has 0 saturated heterocycles. The maximum atomic E-state index is 5.38. The van der Waals surface area contributed by atoms with Crippen molar-refractivity contribution in [1.82, 2.24) is 0 Å². The van der Waals surface area contributed by atoms with Gasteiger partial charge in [0.1, 0.15) is 11.5 Å². The molecule has 1 N–H and O–H groups in total. The Morgan fingerprint density at radius 3 is 2.21 bits per heavy atom. The second-order valence-electron chi connectivity index (χ2n) is 4.34. The Morgan fingerprint density at radius 1 is 0.895 bits per heavy atom. The van der Waals surface area contributed by atoms with Crippen molar-refractivity contribution < 1.29 is 9.47 Å². The van der Waals surface area contributed by atoms with Crippen LogP contribution in [0.2, 0.25) is 0 Å². The minimum absolute atomic E-state index is 0.171. The first-order valence-electron chi connectivity index (χ1n) is 6.28. The summed E-state index contributed by atoms with van der Waals surface area (Å²) in [5.41, 5.74) is 2.19. The lowest BCUT2D eigenvalue weighted by Gasteiger charge is -2.18. The van der Waals surface area contributed by atoms with Gasteiger partial charge in [0.05, 0.1) is 20.3 Å². The zero-order valence-corrected chi connectivity index (χ0v) is 11.5. The van der Waals surface area contributed by atoms with Crippen LogP contribution < -0.4 is 14.8 Å². The van der Waals surface area contributed by atoms with Crippen LogP contribution in [0.3, 0.4) is 0 Å². The van der Waals surface area contributed by atoms with Crippen molar-refractivity contribution in [3.8, 4) is 11.5 Å². The lowest BCUT2D eigenvalue weighted by atomic mass is 10.1. The number of hydrogen-bond acceptors (Lipinski definition) is 3. The zero-order chi connectivity index (χ0) is 13.7. The average molecular weight is 257 g/mol. The fraction of sp³-hybridized carbons (Fsp3) is 0.250. The third-order valence-corrected chi connectivity index (χ3v) is 3.08. The molecule has 0 unspecified atom stereocenters. The van der Waals surface area contributed by atoms with Crippen LogP contribution in [0.1, 0.15) is 18.5 Å². The molecule has 0 saturated carbocycles. The van der Waals surface area contributed by atoms with E-state index in [4.69, 9.17) is 9.47 Å². The molecule has 2 aromatic carbocycles. The van der Waals surface area contributed by atoms with E-state index >= 15 is 0 Å². The molecule has 0 radical (unpaired) electrons. The largest absolute Gasteiger partial charge is 0.497 e. The summed E-state index contributed by atoms with van der Waals surface area (Å²) in [6.07, 6.45) is 0. The van der Waals surface area contributed by atoms with Gasteiger partial charge >= 0.3 is 0 Å². The van der Waals surface area contributed by atoms with Crippen molar-refractivity contribution in [1.29, 1.82) is 0 Å². The zero-order valence-electron chi connectivity index (χ0n) is 11.5. The standard InChI is InChI=1S/C16H19NO2/c1-12(15-6-4-5-7-16(15)19-3)17-13-8-10-14(18-2)11-9-13/h4-12,17H,1-3H3/t12-/m1/s1. The molecule has 0 aliphatic carbocycles. The first-order chi connectivity index (χ1) is 9.24. The summed E-state index contributed by atoms with van der Waals surface area (Å²) < 4.78 is 10.5. The lowest BCUT2D eigenvalue weighted by Crippen LogP contribution is -2.08. The van der Waals surface area contributed by atoms with E-state index in [1.807, 2.05) is 42.5 Å². The number of hydrogen-bond donors (Lipinski definition) is 1. The summed E-state index contributed by atoms with van der Waals surface area (Å²) in [7, 11) is 3.36. The summed E-state index contributed by atoms with van der Waals surface area (Å²) in [4.78, 5) is 0. The van der Waals surface area contributed by atoms with Gasteiger partial charge in [-0.05, 0) is 37.3 Å². The summed E-state index contributed by atoms with van der Waals surface area (Å²) >= 11 is 0. The first kappa shape index (κ1) is 13.3. The molecule has 0 aliphatic rings. The van der Waals surface area contributed by atoms with E-state index < -0.39 is 0 Å². The maximum absolute atomic E-state index is 5.38. The third-order valence-electron chi connectivity index (χ3n) is 3.08. The minimum Gasteiger partial charge on any atom is -0.497 e. The van der Waals surface area contributed by atoms with Crippen LogP contribution in [0, 0.1) is 0 Å². The molecule has 0 bridgehead atoms. The topological polar surface area (TPSA) is 30.5 Å². The predicted octanol–water partition coefficient (Wildman–Crippen LogP) is 3.88. The average Bonchev–Trinajstić information content (AvgIpc) is 2.48. The van der Waals surface area contributed by atoms with Crippen LogP contribution in [0.25, 0.3) is 0 Å². The van der Waals surface area contributed by atoms with Crippen LogP contribution in [0.4, 0.5) is 5.69 Å². The molecule has 0 amide bonds. The smallest absolute Gasteiger partial charge is 0.124 e. The number of nitrogens with one attached hydrogen (secondary N) is 1. The highest BCUT2D eigenvalue weighted by Crippen LogP contribution is 2.27. The summed E-state index contributed by atoms with van der Waals surface area (Å²) in [5, 5.41) is 3.45. The van der Waals surface area contributed by atoms with Gasteiger partial charge in [0.15, 0.2) is 0 Å². The number of benzene rings is 2. The van der Waals surface area contributed by atoms with E-state index in [2.05, 4.69) is 18.3 Å². The van der Waals surface area contributed by atoms with Crippen LogP contribution in [0.5, 0.6) is 11.5 Å². The van der Waals surface area contributed by atoms with Crippen molar-refractivity contribution in [2.75, 3.05) is 19.5 Å². The Balaban J connectivity index is 2.13. The third kappa shape index (κ3) is 3.19. The highest BCUT2D eigenvalue weighted by atomic mass is 16.5. The number of para-hydroxylation sites is 1. The molecule has 100 valence electrons. The van der Waals surface area contributed by atoms with Crippen molar-refractivity contribution >= 4 is 5.69 Å². The Kier molecular flexibility index (Phi) is 4.29. The van der Waals surface area contributed by atoms with E-state index in [1.54, 1.807) is 14.2 Å². The van der Waals surface area contributed by atoms with Crippen molar-refractivity contribution in [2.24, 2.45) is 0 Å². The fourth-order valence-electron chi connectivity index (χ4n) is 2.04. The maximum Gasteiger partial charge on any atom is 0.124 e. The number of ether oxygens (including phenoxy) is 2. The van der Waals surface area contributed by atoms with Gasteiger partial charge in [0.25, 0.3) is 0 Å². The quantitative estimate of drug-likeness (QED) is 0.881. The van der Waals surface area contributed by atoms with Crippen molar-refractivity contribution in [3.05, 3.63) is 54.1 Å². The monoisotopic (exact) mass is 257 g/mol. The Hall–Kier alpha value is -2.16. The van der Waals surface area contributed by atoms with Gasteiger partial charge in [-0.25, -0.2) is 0 Å². The lowest BCUT2D eigenvalue weighted by molar-refractivity contribution is 0.408. The Labute approximate surface area is 114 Å². The van der Waals surface area contributed by atoms with Gasteiger partial charge < -0.3 is 14.8 Å². The van der Waals surface area contributed by atoms with Crippen LogP contribution in [-0.2, 0) is 0 Å². The molecule has 3 heteroatoms. The molecule has 0 aliphatic heterocycles. The minimum atomic E-state index is 0.171. The highest BCUT2D eigenvalue weighted by Gasteiger charge is 2.10. The summed E-state index contributed by atoms with van der Waals surface area (Å²) in [5.74, 6) is 1.76. The van der Waals surface area contributed by atoms with E-state index in [0.717, 1.165) is 22.7 Å². The molecule has 3 nitrogen and oxygen atoms in total. The van der Waals surface area contributed by atoms with Crippen molar-refractivity contribution in [3.63, 3.8) is 0 Å². The second-order valence-corrected chi connectivity index (χ2v) is 4.34. The molecule has 2 rings (SSSR count). The SMILES string of the molecule is COc1ccc(N[C@H](C)c2ccccc2OC)cc1. The molecular formula is C16H19NO2. The predicted molar refractivity (Wildman–Crippen MR) is 78.0 cm³/mol. The second kappa shape index (κ2) is 6.14. The number of rotatable bonds is 5. The Bertz CT molecular complexity index is 523. The van der Waals surface area contributed by atoms with Gasteiger partial charge in [-0.3, -0.25) is 0 Å². The highest BCUT2D eigenvalue weighted by molar-refractivity contribution is 5.49. The number of anilines is 1. The molecule has 19 heavy (non-hydrogen) atoms. The molecule has 0 spiro atoms. The van der Waals surface area contributed by atoms with Gasteiger partial charge in [0.2, 0.25) is 0 Å². The first-order valence-corrected chi connectivity index (χ1v) is 6.28. The normalized spacial score (nSPS) is 11.7. The van der Waals surface area contributed by atoms with E-state index in [0.29, 0.717) is 0 Å². The van der Waals surface area contributed by atoms with E-state index in [1.165, 1.54) is 0 Å². The van der Waals surface area contributed by atoms with Gasteiger partial charge in [-0.15, -0.1) is 0 Å². The van der Waals surface area contributed by atoms with Gasteiger partial charge in [0, 0.05) is 11.3 Å². The van der Waals surface area contributed by atoms with Crippen LogP contribution in [0.15, 0.2) is 48.5 Å². The van der Waals surface area contributed by atoms with Gasteiger partial charge in [-0.1, -0.05) is 18.2 Å². The van der Waals surface area contributed by atoms with Crippen LogP contribution >= 0.6 is 0 Å². The fourth-order valence-corrected chi connectivity index (χ4v) is 2.04. The van der Waals surface area contributed by atoms with Gasteiger partial charge in [-0.2, -0.15) is 0 Å². The van der Waals surface area contributed by atoms with E-state index in [9.17, 15) is 0 Å². The van der Waals surface area contributed by atoms with Crippen LogP contribution in [-0.4, -0.2) is 14.2 Å². The number of methoxy groups -OCH3 is 2. The molecular weight excluding hydrogens is 238 g/mol. The Morgan fingerprint density at radius 2 is 1.58 bits per heavy atom. The molecule has 0 fully saturated rings. The van der Waals surface area contributed by atoms with Crippen molar-refractivity contribution in [2.45, 2.75) is 13.0 Å². The molecule has 1 atom stereocenters. The molecule has 2 aromatic rings. The summed E-state index contributed by atoms with van der Waals surface area (Å²) in [6.45, 7) is 2.11. The summed E-state index contributed by atoms with van der Waals surface area (Å²) in [6, 6.07) is 16.1. The molecule has 0 heterocycles.